The summed E-state index contributed by atoms with van der Waals surface area (Å²) in [5.74, 6) is 1.70. The van der Waals surface area contributed by atoms with Gasteiger partial charge in [-0.1, -0.05) is 27.7 Å². The van der Waals surface area contributed by atoms with Gasteiger partial charge in [0.25, 0.3) is 0 Å². The van der Waals surface area contributed by atoms with Gasteiger partial charge in [-0.3, -0.25) is 4.90 Å². The fourth-order valence-electron chi connectivity index (χ4n) is 3.21. The molecule has 0 unspecified atom stereocenters. The van der Waals surface area contributed by atoms with Crippen molar-refractivity contribution in [2.24, 2.45) is 17.6 Å². The lowest BCUT2D eigenvalue weighted by atomic mass is 9.63. The second-order valence-electron chi connectivity index (χ2n) is 5.92. The maximum Gasteiger partial charge on any atom is 0.0337 e. The number of hydrogen-bond donors (Lipinski definition) is 1. The molecule has 0 aromatic carbocycles. The second kappa shape index (κ2) is 5.50. The van der Waals surface area contributed by atoms with Gasteiger partial charge in [-0.25, -0.2) is 0 Å². The van der Waals surface area contributed by atoms with E-state index < -0.39 is 0 Å². The van der Waals surface area contributed by atoms with E-state index in [4.69, 9.17) is 5.73 Å². The van der Waals surface area contributed by atoms with Crippen molar-refractivity contribution in [2.45, 2.75) is 65.0 Å². The molecule has 2 heteroatoms. The van der Waals surface area contributed by atoms with E-state index in [9.17, 15) is 0 Å². The lowest BCUT2D eigenvalue weighted by Crippen LogP contribution is -2.63. The van der Waals surface area contributed by atoms with Gasteiger partial charge in [0.2, 0.25) is 0 Å². The monoisotopic (exact) mass is 226 g/mol. The van der Waals surface area contributed by atoms with E-state index in [1.165, 1.54) is 25.7 Å². The Morgan fingerprint density at radius 2 is 1.75 bits per heavy atom. The van der Waals surface area contributed by atoms with Gasteiger partial charge in [-0.2, -0.15) is 0 Å². The van der Waals surface area contributed by atoms with E-state index in [2.05, 4.69) is 39.6 Å². The summed E-state index contributed by atoms with van der Waals surface area (Å²) in [6, 6.07) is 0.705. The van der Waals surface area contributed by atoms with Gasteiger partial charge in [0.05, 0.1) is 0 Å². The van der Waals surface area contributed by atoms with Crippen molar-refractivity contribution in [1.29, 1.82) is 0 Å². The van der Waals surface area contributed by atoms with Gasteiger partial charge in [-0.15, -0.1) is 0 Å². The highest BCUT2D eigenvalue weighted by Crippen LogP contribution is 2.46. The summed E-state index contributed by atoms with van der Waals surface area (Å²) < 4.78 is 0. The number of nitrogens with zero attached hydrogens (tertiary/aromatic N) is 1. The first-order valence-corrected chi connectivity index (χ1v) is 6.93. The van der Waals surface area contributed by atoms with Crippen LogP contribution in [0.4, 0.5) is 0 Å². The van der Waals surface area contributed by atoms with E-state index in [0.29, 0.717) is 11.6 Å². The molecule has 1 aliphatic carbocycles. The average Bonchev–Trinajstić information content (AvgIpc) is 2.18. The predicted molar refractivity (Wildman–Crippen MR) is 71.5 cm³/mol. The summed E-state index contributed by atoms with van der Waals surface area (Å²) in [6.45, 7) is 10.1. The first-order valence-electron chi connectivity index (χ1n) is 6.93. The second-order valence-corrected chi connectivity index (χ2v) is 5.92. The molecule has 0 spiro atoms. The van der Waals surface area contributed by atoms with Crippen LogP contribution in [0.15, 0.2) is 0 Å². The van der Waals surface area contributed by atoms with Crippen molar-refractivity contribution in [1.82, 2.24) is 4.90 Å². The molecule has 2 N–H and O–H groups in total. The minimum atomic E-state index is 0.311. The number of rotatable bonds is 6. The van der Waals surface area contributed by atoms with Gasteiger partial charge < -0.3 is 5.73 Å². The SMILES string of the molecule is CCC(CC)N(C)C1(CN)CC(C(C)C)C1. The third kappa shape index (κ3) is 2.43. The lowest BCUT2D eigenvalue weighted by molar-refractivity contribution is -0.0447. The zero-order chi connectivity index (χ0) is 12.3. The Kier molecular flexibility index (Phi) is 4.81. The van der Waals surface area contributed by atoms with Crippen LogP contribution in [-0.2, 0) is 0 Å². The number of likely N-dealkylation sites (N-methyl/N-ethyl adjacent to an activating group) is 1. The normalized spacial score (nSPS) is 30.2. The van der Waals surface area contributed by atoms with Gasteiger partial charge in [0, 0.05) is 18.1 Å². The quantitative estimate of drug-likeness (QED) is 0.754. The minimum absolute atomic E-state index is 0.311. The Morgan fingerprint density at radius 1 is 1.25 bits per heavy atom. The zero-order valence-corrected chi connectivity index (χ0v) is 11.8. The van der Waals surface area contributed by atoms with Crippen LogP contribution in [0.5, 0.6) is 0 Å². The van der Waals surface area contributed by atoms with Crippen molar-refractivity contribution in [3.8, 4) is 0 Å². The first kappa shape index (κ1) is 14.0. The summed E-state index contributed by atoms with van der Waals surface area (Å²) in [5, 5.41) is 0. The standard InChI is InChI=1S/C14H30N2/c1-6-13(7-2)16(5)14(10-15)8-12(9-14)11(3)4/h11-13H,6-10,15H2,1-5H3. The van der Waals surface area contributed by atoms with E-state index in [1.54, 1.807) is 0 Å². The highest BCUT2D eigenvalue weighted by molar-refractivity contribution is 5.04. The fraction of sp³-hybridized carbons (Fsp3) is 1.00. The Bertz CT molecular complexity index is 203. The van der Waals surface area contributed by atoms with E-state index >= 15 is 0 Å². The molecule has 0 heterocycles. The van der Waals surface area contributed by atoms with Crippen molar-refractivity contribution in [3.05, 3.63) is 0 Å². The van der Waals surface area contributed by atoms with Crippen molar-refractivity contribution >= 4 is 0 Å². The molecule has 0 aromatic heterocycles. The van der Waals surface area contributed by atoms with Crippen LogP contribution in [0.25, 0.3) is 0 Å². The van der Waals surface area contributed by atoms with Crippen LogP contribution in [-0.4, -0.2) is 30.1 Å². The Morgan fingerprint density at radius 3 is 2.06 bits per heavy atom. The number of nitrogens with two attached hydrogens (primary N) is 1. The zero-order valence-electron chi connectivity index (χ0n) is 11.8. The van der Waals surface area contributed by atoms with Gasteiger partial charge in [0.15, 0.2) is 0 Å². The molecule has 1 rings (SSSR count). The first-order chi connectivity index (χ1) is 7.50. The van der Waals surface area contributed by atoms with Crippen LogP contribution < -0.4 is 5.73 Å². The fourth-order valence-corrected chi connectivity index (χ4v) is 3.21. The Hall–Kier alpha value is -0.0800. The molecule has 0 radical (unpaired) electrons. The lowest BCUT2D eigenvalue weighted by Gasteiger charge is -2.56. The van der Waals surface area contributed by atoms with Crippen molar-refractivity contribution in [2.75, 3.05) is 13.6 Å². The summed E-state index contributed by atoms with van der Waals surface area (Å²) >= 11 is 0. The van der Waals surface area contributed by atoms with E-state index in [1.807, 2.05) is 0 Å². The Labute approximate surface area is 102 Å². The molecule has 0 bridgehead atoms. The van der Waals surface area contributed by atoms with Gasteiger partial charge in [-0.05, 0) is 44.6 Å². The maximum absolute atomic E-state index is 6.04. The maximum atomic E-state index is 6.04. The molecular formula is C14H30N2. The molecule has 1 aliphatic rings. The predicted octanol–water partition coefficient (Wildman–Crippen LogP) is 2.87. The van der Waals surface area contributed by atoms with Crippen molar-refractivity contribution in [3.63, 3.8) is 0 Å². The topological polar surface area (TPSA) is 29.3 Å². The van der Waals surface area contributed by atoms with Gasteiger partial charge >= 0.3 is 0 Å². The average molecular weight is 226 g/mol. The molecular weight excluding hydrogens is 196 g/mol. The van der Waals surface area contributed by atoms with Crippen LogP contribution in [0.1, 0.15) is 53.4 Å². The molecule has 0 atom stereocenters. The van der Waals surface area contributed by atoms with Crippen LogP contribution >= 0.6 is 0 Å². The highest BCUT2D eigenvalue weighted by Gasteiger charge is 2.48. The molecule has 16 heavy (non-hydrogen) atoms. The van der Waals surface area contributed by atoms with Crippen LogP contribution in [0.2, 0.25) is 0 Å². The van der Waals surface area contributed by atoms with Crippen LogP contribution in [0, 0.1) is 11.8 Å². The van der Waals surface area contributed by atoms with Crippen LogP contribution in [0.3, 0.4) is 0 Å². The van der Waals surface area contributed by atoms with E-state index in [-0.39, 0.29) is 0 Å². The van der Waals surface area contributed by atoms with E-state index in [0.717, 1.165) is 18.4 Å². The Balaban J connectivity index is 2.62. The molecule has 2 nitrogen and oxygen atoms in total. The largest absolute Gasteiger partial charge is 0.329 e. The van der Waals surface area contributed by atoms with Crippen molar-refractivity contribution < 1.29 is 0 Å². The molecule has 96 valence electrons. The molecule has 0 aliphatic heterocycles. The van der Waals surface area contributed by atoms with Gasteiger partial charge in [0.1, 0.15) is 0 Å². The summed E-state index contributed by atoms with van der Waals surface area (Å²) in [4.78, 5) is 2.58. The highest BCUT2D eigenvalue weighted by atomic mass is 15.2. The third-order valence-electron chi connectivity index (χ3n) is 4.85. The molecule has 1 saturated carbocycles. The molecule has 1 fully saturated rings. The minimum Gasteiger partial charge on any atom is -0.329 e. The third-order valence-corrected chi connectivity index (χ3v) is 4.85. The molecule has 0 amide bonds. The summed E-state index contributed by atoms with van der Waals surface area (Å²) in [6.07, 6.45) is 5.07. The number of hydrogen-bond acceptors (Lipinski definition) is 2. The molecule has 0 saturated heterocycles. The molecule has 0 aromatic rings. The summed E-state index contributed by atoms with van der Waals surface area (Å²) in [7, 11) is 2.28. The summed E-state index contributed by atoms with van der Waals surface area (Å²) in [5.41, 5.74) is 6.35. The smallest absolute Gasteiger partial charge is 0.0337 e.